The zero-order valence-electron chi connectivity index (χ0n) is 14.0. The molecule has 1 aromatic carbocycles. The maximum atomic E-state index is 6.74. The van der Waals surface area contributed by atoms with Gasteiger partial charge in [0, 0.05) is 36.1 Å². The molecule has 0 spiro atoms. The lowest BCUT2D eigenvalue weighted by Gasteiger charge is -2.50. The van der Waals surface area contributed by atoms with Gasteiger partial charge in [0.2, 0.25) is 0 Å². The molecule has 4 heteroatoms. The Morgan fingerprint density at radius 2 is 2.29 bits per heavy atom. The van der Waals surface area contributed by atoms with Crippen molar-refractivity contribution in [1.82, 2.24) is 9.88 Å². The lowest BCUT2D eigenvalue weighted by molar-refractivity contribution is 0.0106. The second-order valence-corrected chi connectivity index (χ2v) is 6.93. The third-order valence-corrected chi connectivity index (χ3v) is 5.77. The molecule has 124 valence electrons. The molecule has 1 unspecified atom stereocenters. The molecule has 2 aromatic rings. The molecular formula is C20H23N3O. The smallest absolute Gasteiger partial charge is 0.119 e. The Morgan fingerprint density at radius 1 is 1.42 bits per heavy atom. The minimum atomic E-state index is -0.0378. The van der Waals surface area contributed by atoms with E-state index in [-0.39, 0.29) is 6.04 Å². The van der Waals surface area contributed by atoms with E-state index in [1.807, 2.05) is 24.4 Å². The van der Waals surface area contributed by atoms with Crippen LogP contribution in [0.3, 0.4) is 0 Å². The number of piperidine rings is 3. The monoisotopic (exact) mass is 321 g/mol. The van der Waals surface area contributed by atoms with Crippen molar-refractivity contribution in [2.24, 2.45) is 17.6 Å². The van der Waals surface area contributed by atoms with Crippen molar-refractivity contribution in [1.29, 1.82) is 0 Å². The van der Waals surface area contributed by atoms with Gasteiger partial charge in [0.1, 0.15) is 5.75 Å². The van der Waals surface area contributed by atoms with Crippen LogP contribution in [-0.4, -0.2) is 36.1 Å². The molecule has 5 atom stereocenters. The van der Waals surface area contributed by atoms with Gasteiger partial charge in [-0.3, -0.25) is 9.88 Å². The second kappa shape index (κ2) is 6.08. The number of hydrogen-bond donors (Lipinski definition) is 1. The van der Waals surface area contributed by atoms with Gasteiger partial charge in [-0.25, -0.2) is 0 Å². The van der Waals surface area contributed by atoms with Gasteiger partial charge in [0.15, 0.2) is 0 Å². The van der Waals surface area contributed by atoms with Gasteiger partial charge in [-0.2, -0.15) is 0 Å². The molecule has 2 N–H and O–H groups in total. The van der Waals surface area contributed by atoms with E-state index in [0.29, 0.717) is 17.9 Å². The third kappa shape index (κ3) is 2.45. The van der Waals surface area contributed by atoms with E-state index in [0.717, 1.165) is 41.7 Å². The highest BCUT2D eigenvalue weighted by molar-refractivity contribution is 5.84. The van der Waals surface area contributed by atoms with Crippen LogP contribution in [0.5, 0.6) is 5.75 Å². The Balaban J connectivity index is 1.69. The van der Waals surface area contributed by atoms with Gasteiger partial charge in [-0.1, -0.05) is 0 Å². The van der Waals surface area contributed by atoms with E-state index in [1.165, 1.54) is 6.42 Å². The van der Waals surface area contributed by atoms with Crippen molar-refractivity contribution >= 4 is 10.9 Å². The van der Waals surface area contributed by atoms with Crippen molar-refractivity contribution in [3.63, 3.8) is 0 Å². The number of nitrogens with two attached hydrogens (primary N) is 1. The first kappa shape index (κ1) is 15.4. The van der Waals surface area contributed by atoms with Crippen molar-refractivity contribution in [3.05, 3.63) is 36.0 Å². The summed E-state index contributed by atoms with van der Waals surface area (Å²) in [5.74, 6) is 4.80. The fourth-order valence-corrected chi connectivity index (χ4v) is 4.40. The number of benzene rings is 1. The number of terminal acetylenes is 1. The average molecular weight is 321 g/mol. The molecule has 3 aliphatic rings. The Hall–Kier alpha value is -2.09. The fraction of sp³-hybridized carbons (Fsp3) is 0.450. The standard InChI is InChI=1S/C20H23N3O/c1-3-13-12-23-9-7-14(13)10-19(23)20(21)16-6-8-22-18-5-4-15(24-2)11-17(16)18/h1,4-6,8,11,13-14,19-20H,7,9-10,12,21H2,2H3/t13-,14-,19-,20-/m0/s1. The average Bonchev–Trinajstić information content (AvgIpc) is 2.66. The minimum absolute atomic E-state index is 0.0378. The Kier molecular flexibility index (Phi) is 3.91. The van der Waals surface area contributed by atoms with Gasteiger partial charge in [-0.05, 0) is 55.1 Å². The predicted octanol–water partition coefficient (Wildman–Crippen LogP) is 2.59. The molecule has 0 saturated carbocycles. The van der Waals surface area contributed by atoms with E-state index in [9.17, 15) is 0 Å². The summed E-state index contributed by atoms with van der Waals surface area (Å²) in [5, 5.41) is 1.08. The number of hydrogen-bond acceptors (Lipinski definition) is 4. The molecule has 0 radical (unpaired) electrons. The highest BCUT2D eigenvalue weighted by Crippen LogP contribution is 2.40. The lowest BCUT2D eigenvalue weighted by Crippen LogP contribution is -2.56. The summed E-state index contributed by atoms with van der Waals surface area (Å²) in [6.45, 7) is 2.08. The van der Waals surface area contributed by atoms with Gasteiger partial charge < -0.3 is 10.5 Å². The normalized spacial score (nSPS) is 30.0. The topological polar surface area (TPSA) is 51.4 Å². The number of methoxy groups -OCH3 is 1. The van der Waals surface area contributed by atoms with Crippen LogP contribution in [0, 0.1) is 24.2 Å². The van der Waals surface area contributed by atoms with E-state index in [1.54, 1.807) is 7.11 Å². The molecular weight excluding hydrogens is 298 g/mol. The van der Waals surface area contributed by atoms with Crippen molar-refractivity contribution in [3.8, 4) is 18.1 Å². The van der Waals surface area contributed by atoms with E-state index < -0.39 is 0 Å². The Morgan fingerprint density at radius 3 is 3.00 bits per heavy atom. The molecule has 3 fully saturated rings. The number of pyridine rings is 1. The van der Waals surface area contributed by atoms with Crippen molar-refractivity contribution in [2.45, 2.75) is 24.9 Å². The molecule has 2 bridgehead atoms. The van der Waals surface area contributed by atoms with Crippen molar-refractivity contribution in [2.75, 3.05) is 20.2 Å². The fourth-order valence-electron chi connectivity index (χ4n) is 4.40. The molecule has 3 saturated heterocycles. The summed E-state index contributed by atoms with van der Waals surface area (Å²) < 4.78 is 5.38. The first-order valence-corrected chi connectivity index (χ1v) is 8.59. The summed E-state index contributed by atoms with van der Waals surface area (Å²) in [5.41, 5.74) is 8.85. The number of rotatable bonds is 3. The van der Waals surface area contributed by atoms with Gasteiger partial charge in [-0.15, -0.1) is 12.3 Å². The summed E-state index contributed by atoms with van der Waals surface area (Å²) in [7, 11) is 1.68. The first-order chi connectivity index (χ1) is 11.7. The molecule has 0 amide bonds. The van der Waals surface area contributed by atoms with Crippen LogP contribution < -0.4 is 10.5 Å². The van der Waals surface area contributed by atoms with Gasteiger partial charge >= 0.3 is 0 Å². The van der Waals surface area contributed by atoms with Crippen LogP contribution in [0.2, 0.25) is 0 Å². The quantitative estimate of drug-likeness (QED) is 0.883. The molecule has 24 heavy (non-hydrogen) atoms. The Labute approximate surface area is 143 Å². The summed E-state index contributed by atoms with van der Waals surface area (Å²) >= 11 is 0. The first-order valence-electron chi connectivity index (χ1n) is 8.59. The molecule has 0 aliphatic carbocycles. The molecule has 3 aliphatic heterocycles. The highest BCUT2D eigenvalue weighted by atomic mass is 16.5. The summed E-state index contributed by atoms with van der Waals surface area (Å²) in [4.78, 5) is 6.95. The number of nitrogens with zero attached hydrogens (tertiary/aromatic N) is 2. The lowest BCUT2D eigenvalue weighted by atomic mass is 9.73. The van der Waals surface area contributed by atoms with Crippen LogP contribution in [0.4, 0.5) is 0 Å². The molecule has 5 rings (SSSR count). The number of ether oxygens (including phenoxy) is 1. The van der Waals surface area contributed by atoms with Crippen molar-refractivity contribution < 1.29 is 4.74 Å². The van der Waals surface area contributed by atoms with Crippen LogP contribution in [0.25, 0.3) is 10.9 Å². The maximum Gasteiger partial charge on any atom is 0.119 e. The minimum Gasteiger partial charge on any atom is -0.497 e. The van der Waals surface area contributed by atoms with E-state index in [4.69, 9.17) is 16.9 Å². The van der Waals surface area contributed by atoms with Gasteiger partial charge in [0.25, 0.3) is 0 Å². The van der Waals surface area contributed by atoms with E-state index >= 15 is 0 Å². The summed E-state index contributed by atoms with van der Waals surface area (Å²) in [6.07, 6.45) is 9.84. The Bertz CT molecular complexity index is 797. The largest absolute Gasteiger partial charge is 0.497 e. The predicted molar refractivity (Wildman–Crippen MR) is 95.6 cm³/mol. The number of aromatic nitrogens is 1. The SMILES string of the molecule is C#C[C@H]1CN2CC[C@H]1C[C@H]2[C@@H](N)c1ccnc2ccc(OC)cc12. The van der Waals surface area contributed by atoms with Crippen LogP contribution in [-0.2, 0) is 0 Å². The molecule has 1 aromatic heterocycles. The zero-order valence-corrected chi connectivity index (χ0v) is 14.0. The highest BCUT2D eigenvalue weighted by Gasteiger charge is 2.42. The van der Waals surface area contributed by atoms with Crippen LogP contribution >= 0.6 is 0 Å². The zero-order chi connectivity index (χ0) is 16.7. The number of fused-ring (bicyclic) bond motifs is 4. The third-order valence-electron chi connectivity index (χ3n) is 5.77. The maximum absolute atomic E-state index is 6.74. The molecule has 4 heterocycles. The summed E-state index contributed by atoms with van der Waals surface area (Å²) in [6, 6.07) is 8.33. The van der Waals surface area contributed by atoms with Crippen LogP contribution in [0.1, 0.15) is 24.4 Å². The molecule has 4 nitrogen and oxygen atoms in total. The van der Waals surface area contributed by atoms with Gasteiger partial charge in [0.05, 0.1) is 12.6 Å². The second-order valence-electron chi connectivity index (χ2n) is 6.93. The van der Waals surface area contributed by atoms with E-state index in [2.05, 4.69) is 21.9 Å². The van der Waals surface area contributed by atoms with Crippen LogP contribution in [0.15, 0.2) is 30.5 Å².